The lowest BCUT2D eigenvalue weighted by Crippen LogP contribution is -2.15. The van der Waals surface area contributed by atoms with Gasteiger partial charge >= 0.3 is 12.2 Å². The number of rotatable bonds is 8. The zero-order valence-electron chi connectivity index (χ0n) is 13.2. The highest BCUT2D eigenvalue weighted by molar-refractivity contribution is 5.87. The van der Waals surface area contributed by atoms with E-state index in [4.69, 9.17) is 9.47 Å². The second kappa shape index (κ2) is 10.5. The van der Waals surface area contributed by atoms with E-state index < -0.39 is 12.2 Å². The Kier molecular flexibility index (Phi) is 8.49. The Hall–Kier alpha value is -2.24. The van der Waals surface area contributed by atoms with Crippen molar-refractivity contribution >= 4 is 23.6 Å². The van der Waals surface area contributed by atoms with Crippen molar-refractivity contribution in [3.05, 3.63) is 24.3 Å². The fourth-order valence-electron chi connectivity index (χ4n) is 1.56. The lowest BCUT2D eigenvalue weighted by molar-refractivity contribution is 0.159. The molecule has 22 heavy (non-hydrogen) atoms. The number of carbonyl (C=O) groups is 2. The first-order chi connectivity index (χ1) is 10.7. The number of amides is 2. The number of nitrogens with one attached hydrogen (secondary N) is 2. The summed E-state index contributed by atoms with van der Waals surface area (Å²) in [5, 5.41) is 5.24. The lowest BCUT2D eigenvalue weighted by atomic mass is 10.3. The molecule has 0 saturated heterocycles. The summed E-state index contributed by atoms with van der Waals surface area (Å²) in [6.07, 6.45) is 2.68. The van der Waals surface area contributed by atoms with Crippen molar-refractivity contribution in [2.75, 3.05) is 23.8 Å². The fourth-order valence-corrected chi connectivity index (χ4v) is 1.56. The maximum Gasteiger partial charge on any atom is 0.411 e. The largest absolute Gasteiger partial charge is 0.449 e. The number of unbranched alkanes of at least 4 members (excludes halogenated alkanes) is 2. The van der Waals surface area contributed by atoms with Crippen molar-refractivity contribution in [1.29, 1.82) is 0 Å². The molecular formula is C16H24N2O4. The third-order valence-corrected chi connectivity index (χ3v) is 2.84. The van der Waals surface area contributed by atoms with Crippen LogP contribution in [0.3, 0.4) is 0 Å². The van der Waals surface area contributed by atoms with Gasteiger partial charge in [0.2, 0.25) is 0 Å². The summed E-state index contributed by atoms with van der Waals surface area (Å²) in [6.45, 7) is 4.87. The van der Waals surface area contributed by atoms with E-state index in [1.54, 1.807) is 24.3 Å². The van der Waals surface area contributed by atoms with Crippen LogP contribution in [-0.4, -0.2) is 25.4 Å². The summed E-state index contributed by atoms with van der Waals surface area (Å²) in [7, 11) is 0. The molecule has 0 saturated carbocycles. The summed E-state index contributed by atoms with van der Waals surface area (Å²) in [5.74, 6) is 0. The van der Waals surface area contributed by atoms with Crippen LogP contribution in [0.5, 0.6) is 0 Å². The van der Waals surface area contributed by atoms with E-state index in [2.05, 4.69) is 10.6 Å². The topological polar surface area (TPSA) is 76.7 Å². The smallest absolute Gasteiger partial charge is 0.411 e. The van der Waals surface area contributed by atoms with Gasteiger partial charge in [-0.1, -0.05) is 26.7 Å². The number of carbonyl (C=O) groups excluding carboxylic acids is 2. The van der Waals surface area contributed by atoms with Crippen LogP contribution in [0.1, 0.15) is 39.5 Å². The van der Waals surface area contributed by atoms with E-state index >= 15 is 0 Å². The van der Waals surface area contributed by atoms with Gasteiger partial charge in [0.05, 0.1) is 13.2 Å². The van der Waals surface area contributed by atoms with Crippen molar-refractivity contribution in [2.45, 2.75) is 39.5 Å². The molecule has 0 aliphatic heterocycles. The first kappa shape index (κ1) is 17.8. The normalized spacial score (nSPS) is 9.91. The zero-order valence-corrected chi connectivity index (χ0v) is 13.2. The second-order valence-corrected chi connectivity index (χ2v) is 4.81. The molecule has 0 spiro atoms. The molecule has 2 amide bonds. The maximum absolute atomic E-state index is 11.5. The molecule has 0 fully saturated rings. The molecule has 2 N–H and O–H groups in total. The summed E-state index contributed by atoms with van der Waals surface area (Å²) in [4.78, 5) is 22.9. The molecule has 1 rings (SSSR count). The van der Waals surface area contributed by atoms with E-state index in [1.807, 2.05) is 13.8 Å². The van der Waals surface area contributed by atoms with E-state index in [9.17, 15) is 9.59 Å². The van der Waals surface area contributed by atoms with Gasteiger partial charge in [0.25, 0.3) is 0 Å². The Morgan fingerprint density at radius 3 is 1.50 bits per heavy atom. The summed E-state index contributed by atoms with van der Waals surface area (Å²) in [5.41, 5.74) is 1.21. The minimum Gasteiger partial charge on any atom is -0.449 e. The van der Waals surface area contributed by atoms with Gasteiger partial charge in [-0.3, -0.25) is 10.6 Å². The fraction of sp³-hybridized carbons (Fsp3) is 0.500. The lowest BCUT2D eigenvalue weighted by Gasteiger charge is -2.09. The SMILES string of the molecule is CCCCOC(=O)Nc1ccc(NC(=O)OCCCC)cc1. The molecule has 0 aliphatic rings. The van der Waals surface area contributed by atoms with Crippen molar-refractivity contribution in [3.63, 3.8) is 0 Å². The molecular weight excluding hydrogens is 284 g/mol. The van der Waals surface area contributed by atoms with E-state index in [0.717, 1.165) is 25.7 Å². The van der Waals surface area contributed by atoms with Gasteiger partial charge < -0.3 is 9.47 Å². The molecule has 0 bridgehead atoms. The average Bonchev–Trinajstić information content (AvgIpc) is 2.50. The standard InChI is InChI=1S/C16H24N2O4/c1-3-5-11-21-15(19)17-13-7-9-14(10-8-13)18-16(20)22-12-6-4-2/h7-10H,3-6,11-12H2,1-2H3,(H,17,19)(H,18,20). The molecule has 1 aromatic rings. The molecule has 122 valence electrons. The van der Waals surface area contributed by atoms with Gasteiger partial charge in [-0.05, 0) is 37.1 Å². The predicted molar refractivity (Wildman–Crippen MR) is 86.2 cm³/mol. The number of hydrogen-bond acceptors (Lipinski definition) is 4. The van der Waals surface area contributed by atoms with Crippen LogP contribution in [-0.2, 0) is 9.47 Å². The first-order valence-corrected chi connectivity index (χ1v) is 7.63. The van der Waals surface area contributed by atoms with Crippen LogP contribution in [0.15, 0.2) is 24.3 Å². The Balaban J connectivity index is 2.36. The summed E-state index contributed by atoms with van der Waals surface area (Å²) < 4.78 is 9.99. The molecule has 6 nitrogen and oxygen atoms in total. The van der Waals surface area contributed by atoms with Crippen molar-refractivity contribution < 1.29 is 19.1 Å². The van der Waals surface area contributed by atoms with Crippen LogP contribution < -0.4 is 10.6 Å². The minimum absolute atomic E-state index is 0.408. The van der Waals surface area contributed by atoms with Crippen molar-refractivity contribution in [2.24, 2.45) is 0 Å². The maximum atomic E-state index is 11.5. The average molecular weight is 308 g/mol. The third kappa shape index (κ3) is 7.52. The van der Waals surface area contributed by atoms with Gasteiger partial charge in [-0.15, -0.1) is 0 Å². The quantitative estimate of drug-likeness (QED) is 0.698. The molecule has 0 unspecified atom stereocenters. The molecule has 0 heterocycles. The summed E-state index contributed by atoms with van der Waals surface area (Å²) >= 11 is 0. The Labute approximate surface area is 131 Å². The van der Waals surface area contributed by atoms with Crippen molar-refractivity contribution in [3.8, 4) is 0 Å². The molecule has 0 radical (unpaired) electrons. The number of ether oxygens (including phenoxy) is 2. The van der Waals surface area contributed by atoms with E-state index in [-0.39, 0.29) is 0 Å². The third-order valence-electron chi connectivity index (χ3n) is 2.84. The van der Waals surface area contributed by atoms with Gasteiger partial charge in [0, 0.05) is 11.4 Å². The van der Waals surface area contributed by atoms with Crippen LogP contribution in [0.2, 0.25) is 0 Å². The number of benzene rings is 1. The van der Waals surface area contributed by atoms with E-state index in [1.165, 1.54) is 0 Å². The van der Waals surface area contributed by atoms with Gasteiger partial charge in [-0.2, -0.15) is 0 Å². The van der Waals surface area contributed by atoms with Gasteiger partial charge in [0.1, 0.15) is 0 Å². The highest BCUT2D eigenvalue weighted by Gasteiger charge is 2.05. The molecule has 6 heteroatoms. The van der Waals surface area contributed by atoms with Crippen LogP contribution >= 0.6 is 0 Å². The van der Waals surface area contributed by atoms with Crippen LogP contribution in [0.25, 0.3) is 0 Å². The number of hydrogen-bond donors (Lipinski definition) is 2. The Bertz CT molecular complexity index is 417. The van der Waals surface area contributed by atoms with Crippen LogP contribution in [0.4, 0.5) is 21.0 Å². The Morgan fingerprint density at radius 1 is 0.818 bits per heavy atom. The Morgan fingerprint density at radius 2 is 1.18 bits per heavy atom. The van der Waals surface area contributed by atoms with Gasteiger partial charge in [-0.25, -0.2) is 9.59 Å². The number of anilines is 2. The summed E-state index contributed by atoms with van der Waals surface area (Å²) in [6, 6.07) is 6.73. The van der Waals surface area contributed by atoms with Gasteiger partial charge in [0.15, 0.2) is 0 Å². The highest BCUT2D eigenvalue weighted by atomic mass is 16.6. The molecule has 0 atom stereocenters. The van der Waals surface area contributed by atoms with E-state index in [0.29, 0.717) is 24.6 Å². The second-order valence-electron chi connectivity index (χ2n) is 4.81. The predicted octanol–water partition coefficient (Wildman–Crippen LogP) is 4.38. The zero-order chi connectivity index (χ0) is 16.2. The molecule has 1 aromatic carbocycles. The molecule has 0 aliphatic carbocycles. The minimum atomic E-state index is -0.479. The monoisotopic (exact) mass is 308 g/mol. The molecule has 0 aromatic heterocycles. The highest BCUT2D eigenvalue weighted by Crippen LogP contribution is 2.14. The van der Waals surface area contributed by atoms with Crippen LogP contribution in [0, 0.1) is 0 Å². The van der Waals surface area contributed by atoms with Crippen molar-refractivity contribution in [1.82, 2.24) is 0 Å². The first-order valence-electron chi connectivity index (χ1n) is 7.63.